The van der Waals surface area contributed by atoms with E-state index in [-0.39, 0.29) is 0 Å². The molecule has 0 aliphatic carbocycles. The summed E-state index contributed by atoms with van der Waals surface area (Å²) in [6.45, 7) is 0. The number of rotatable bonds is 1. The van der Waals surface area contributed by atoms with Crippen molar-refractivity contribution >= 4 is 11.6 Å². The molecule has 9 heavy (non-hydrogen) atoms. The Kier molecular flexibility index (Phi) is 1.85. The van der Waals surface area contributed by atoms with E-state index in [1.807, 2.05) is 0 Å². The van der Waals surface area contributed by atoms with Gasteiger partial charge in [0.2, 0.25) is 5.88 Å². The fraction of sp³-hybridized carbons (Fsp3) is 0.200. The zero-order chi connectivity index (χ0) is 6.69. The Morgan fingerprint density at radius 3 is 2.89 bits per heavy atom. The topological polar surface area (TPSA) is 35.0 Å². The highest BCUT2D eigenvalue weighted by Gasteiger charge is 1.96. The van der Waals surface area contributed by atoms with E-state index in [0.717, 1.165) is 0 Å². The summed E-state index contributed by atoms with van der Waals surface area (Å²) in [4.78, 5) is 7.40. The molecule has 0 aliphatic heterocycles. The van der Waals surface area contributed by atoms with Gasteiger partial charge in [-0.2, -0.15) is 0 Å². The predicted molar refractivity (Wildman–Crippen MR) is 33.6 cm³/mol. The summed E-state index contributed by atoms with van der Waals surface area (Å²) in [7, 11) is 1.51. The average Bonchev–Trinajstić information content (AvgIpc) is 1.89. The van der Waals surface area contributed by atoms with Crippen LogP contribution in [0.5, 0.6) is 5.88 Å². The summed E-state index contributed by atoms with van der Waals surface area (Å²) in [5.74, 6) is 0.409. The molecule has 0 amide bonds. The zero-order valence-corrected chi connectivity index (χ0v) is 5.59. The van der Waals surface area contributed by atoms with Crippen LogP contribution in [0, 0.1) is 0 Å². The molecule has 3 nitrogen and oxygen atoms in total. The number of methoxy groups -OCH3 is 1. The highest BCUT2D eigenvalue weighted by molar-refractivity contribution is 6.31. The Balaban J connectivity index is 3.01. The zero-order valence-electron chi connectivity index (χ0n) is 4.84. The van der Waals surface area contributed by atoms with Gasteiger partial charge >= 0.3 is 0 Å². The van der Waals surface area contributed by atoms with E-state index in [1.165, 1.54) is 19.6 Å². The van der Waals surface area contributed by atoms with Crippen LogP contribution < -0.4 is 4.74 Å². The van der Waals surface area contributed by atoms with E-state index in [4.69, 9.17) is 16.3 Å². The van der Waals surface area contributed by atoms with Crippen molar-refractivity contribution in [3.8, 4) is 5.88 Å². The van der Waals surface area contributed by atoms with Crippen molar-refractivity contribution < 1.29 is 4.74 Å². The van der Waals surface area contributed by atoms with Crippen LogP contribution in [-0.2, 0) is 0 Å². The molecule has 0 bridgehead atoms. The molecule has 1 heterocycles. The van der Waals surface area contributed by atoms with Crippen LogP contribution in [0.4, 0.5) is 0 Å². The van der Waals surface area contributed by atoms with E-state index >= 15 is 0 Å². The maximum atomic E-state index is 5.57. The molecule has 1 aromatic heterocycles. The van der Waals surface area contributed by atoms with Gasteiger partial charge in [-0.1, -0.05) is 11.6 Å². The van der Waals surface area contributed by atoms with E-state index < -0.39 is 0 Å². The number of ether oxygens (including phenoxy) is 1. The van der Waals surface area contributed by atoms with Crippen LogP contribution in [0.1, 0.15) is 0 Å². The Morgan fingerprint density at radius 2 is 2.44 bits per heavy atom. The van der Waals surface area contributed by atoms with Crippen LogP contribution in [0.2, 0.25) is 5.02 Å². The molecule has 0 saturated heterocycles. The number of aromatic nitrogens is 2. The lowest BCUT2D eigenvalue weighted by Crippen LogP contribution is -1.87. The van der Waals surface area contributed by atoms with E-state index in [1.54, 1.807) is 0 Å². The number of hydrogen-bond donors (Lipinski definition) is 0. The van der Waals surface area contributed by atoms with Crippen LogP contribution >= 0.6 is 11.6 Å². The Labute approximate surface area is 57.7 Å². The lowest BCUT2D eigenvalue weighted by atomic mass is 10.6. The first-order valence-corrected chi connectivity index (χ1v) is 2.72. The summed E-state index contributed by atoms with van der Waals surface area (Å²) >= 11 is 5.57. The van der Waals surface area contributed by atoms with Crippen molar-refractivity contribution in [1.29, 1.82) is 0 Å². The van der Waals surface area contributed by atoms with Gasteiger partial charge in [-0.15, -0.1) is 0 Å². The third-order valence-electron chi connectivity index (χ3n) is 0.827. The summed E-state index contributed by atoms with van der Waals surface area (Å²) < 4.78 is 4.76. The second kappa shape index (κ2) is 2.64. The van der Waals surface area contributed by atoms with Crippen LogP contribution in [0.3, 0.4) is 0 Å². The highest BCUT2D eigenvalue weighted by atomic mass is 35.5. The average molecular weight is 145 g/mol. The molecule has 0 fully saturated rings. The minimum atomic E-state index is 0.409. The lowest BCUT2D eigenvalue weighted by molar-refractivity contribution is 0.397. The minimum Gasteiger partial charge on any atom is -0.480 e. The van der Waals surface area contributed by atoms with Gasteiger partial charge in [0, 0.05) is 0 Å². The van der Waals surface area contributed by atoms with Gasteiger partial charge in [-0.05, 0) is 0 Å². The molecular weight excluding hydrogens is 140 g/mol. The standard InChI is InChI=1S/C5H5ClN2O/c1-9-5-4(6)2-7-3-8-5/h2-3H,1H3. The van der Waals surface area contributed by atoms with Gasteiger partial charge in [0.15, 0.2) is 0 Å². The van der Waals surface area contributed by atoms with Gasteiger partial charge in [-0.25, -0.2) is 9.97 Å². The fourth-order valence-corrected chi connectivity index (χ4v) is 0.634. The summed E-state index contributed by atoms with van der Waals surface area (Å²) in [5, 5.41) is 0.431. The molecule has 0 saturated carbocycles. The first-order chi connectivity index (χ1) is 4.34. The summed E-state index contributed by atoms with van der Waals surface area (Å²) in [5.41, 5.74) is 0. The number of hydrogen-bond acceptors (Lipinski definition) is 3. The molecule has 1 aromatic rings. The molecule has 0 unspecified atom stereocenters. The fourth-order valence-electron chi connectivity index (χ4n) is 0.452. The summed E-state index contributed by atoms with van der Waals surface area (Å²) in [6, 6.07) is 0. The molecular formula is C5H5ClN2O. The monoisotopic (exact) mass is 144 g/mol. The largest absolute Gasteiger partial charge is 0.480 e. The molecule has 48 valence electrons. The first-order valence-electron chi connectivity index (χ1n) is 2.34. The van der Waals surface area contributed by atoms with Crippen molar-refractivity contribution in [1.82, 2.24) is 9.97 Å². The highest BCUT2D eigenvalue weighted by Crippen LogP contribution is 2.17. The van der Waals surface area contributed by atoms with Gasteiger partial charge in [-0.3, -0.25) is 0 Å². The molecule has 4 heteroatoms. The maximum absolute atomic E-state index is 5.57. The van der Waals surface area contributed by atoms with E-state index in [2.05, 4.69) is 9.97 Å². The summed E-state index contributed by atoms with van der Waals surface area (Å²) in [6.07, 6.45) is 2.86. The molecule has 0 N–H and O–H groups in total. The number of halogens is 1. The molecule has 0 aliphatic rings. The SMILES string of the molecule is COc1ncncc1Cl. The van der Waals surface area contributed by atoms with Crippen molar-refractivity contribution in [3.63, 3.8) is 0 Å². The third kappa shape index (κ3) is 1.29. The van der Waals surface area contributed by atoms with Gasteiger partial charge < -0.3 is 4.74 Å². The Bertz CT molecular complexity index is 204. The van der Waals surface area contributed by atoms with E-state index in [9.17, 15) is 0 Å². The van der Waals surface area contributed by atoms with Crippen LogP contribution in [0.15, 0.2) is 12.5 Å². The minimum absolute atomic E-state index is 0.409. The third-order valence-corrected chi connectivity index (χ3v) is 1.09. The molecule has 0 aromatic carbocycles. The predicted octanol–water partition coefficient (Wildman–Crippen LogP) is 1.14. The van der Waals surface area contributed by atoms with Crippen LogP contribution in [0.25, 0.3) is 0 Å². The normalized spacial score (nSPS) is 9.11. The second-order valence-corrected chi connectivity index (χ2v) is 1.79. The quantitative estimate of drug-likeness (QED) is 0.593. The van der Waals surface area contributed by atoms with Gasteiger partial charge in [0.1, 0.15) is 11.3 Å². The van der Waals surface area contributed by atoms with Crippen molar-refractivity contribution in [3.05, 3.63) is 17.5 Å². The molecule has 0 radical (unpaired) electrons. The van der Waals surface area contributed by atoms with Gasteiger partial charge in [0.25, 0.3) is 0 Å². The second-order valence-electron chi connectivity index (χ2n) is 1.38. The van der Waals surface area contributed by atoms with E-state index in [0.29, 0.717) is 10.9 Å². The smallest absolute Gasteiger partial charge is 0.235 e. The molecule has 0 atom stereocenters. The van der Waals surface area contributed by atoms with Crippen LogP contribution in [-0.4, -0.2) is 17.1 Å². The van der Waals surface area contributed by atoms with Gasteiger partial charge in [0.05, 0.1) is 13.3 Å². The van der Waals surface area contributed by atoms with Crippen molar-refractivity contribution in [2.45, 2.75) is 0 Å². The number of nitrogens with zero attached hydrogens (tertiary/aromatic N) is 2. The molecule has 0 spiro atoms. The maximum Gasteiger partial charge on any atom is 0.235 e. The Hall–Kier alpha value is -0.830. The molecule has 1 rings (SSSR count). The Morgan fingerprint density at radius 1 is 1.67 bits per heavy atom. The first kappa shape index (κ1) is 6.29. The van der Waals surface area contributed by atoms with Crippen molar-refractivity contribution in [2.75, 3.05) is 7.11 Å². The van der Waals surface area contributed by atoms with Crippen molar-refractivity contribution in [2.24, 2.45) is 0 Å². The lowest BCUT2D eigenvalue weighted by Gasteiger charge is -1.96.